The number of rotatable bonds is 3. The van der Waals surface area contributed by atoms with Crippen molar-refractivity contribution in [3.05, 3.63) is 42.0 Å². The van der Waals surface area contributed by atoms with Crippen LogP contribution in [-0.2, 0) is 0 Å². The molecule has 1 aromatic carbocycles. The predicted octanol–water partition coefficient (Wildman–Crippen LogP) is 3.02. The highest BCUT2D eigenvalue weighted by Gasteiger charge is 1.80. The van der Waals surface area contributed by atoms with Gasteiger partial charge < -0.3 is 0 Å². The summed E-state index contributed by atoms with van der Waals surface area (Å²) in [6.45, 7) is 0. The lowest BCUT2D eigenvalue weighted by molar-refractivity contribution is 1.26. The van der Waals surface area contributed by atoms with Crippen LogP contribution in [0.4, 0.5) is 0 Å². The van der Waals surface area contributed by atoms with E-state index in [1.54, 1.807) is 0 Å². The van der Waals surface area contributed by atoms with Crippen molar-refractivity contribution >= 4 is 18.7 Å². The van der Waals surface area contributed by atoms with Gasteiger partial charge in [-0.25, -0.2) is 0 Å². The number of thiol groups is 1. The predicted molar refractivity (Wildman–Crippen MR) is 53.9 cm³/mol. The molecule has 0 heterocycles. The molecule has 0 fully saturated rings. The van der Waals surface area contributed by atoms with E-state index in [1.165, 1.54) is 5.56 Å². The summed E-state index contributed by atoms with van der Waals surface area (Å²) in [4.78, 5) is 0. The zero-order valence-corrected chi connectivity index (χ0v) is 7.30. The summed E-state index contributed by atoms with van der Waals surface area (Å²) < 4.78 is 0. The van der Waals surface area contributed by atoms with Gasteiger partial charge in [0.2, 0.25) is 0 Å². The van der Waals surface area contributed by atoms with E-state index >= 15 is 0 Å². The average Bonchev–Trinajstić information content (AvgIpc) is 2.07. The normalized spacial score (nSPS) is 10.6. The molecule has 0 bridgehead atoms. The molecule has 0 N–H and O–H groups in total. The van der Waals surface area contributed by atoms with Crippen molar-refractivity contribution in [1.29, 1.82) is 0 Å². The molecule has 0 spiro atoms. The highest BCUT2D eigenvalue weighted by Crippen LogP contribution is 2.01. The Hall–Kier alpha value is -0.690. The Morgan fingerprint density at radius 2 is 1.91 bits per heavy atom. The fraction of sp³-hybridized carbons (Fsp3) is 0.200. The van der Waals surface area contributed by atoms with Crippen LogP contribution in [0.3, 0.4) is 0 Å². The van der Waals surface area contributed by atoms with Crippen molar-refractivity contribution in [2.24, 2.45) is 0 Å². The summed E-state index contributed by atoms with van der Waals surface area (Å²) in [5.74, 6) is 0.920. The third kappa shape index (κ3) is 3.28. The van der Waals surface area contributed by atoms with Crippen molar-refractivity contribution < 1.29 is 0 Å². The topological polar surface area (TPSA) is 0 Å². The zero-order valence-electron chi connectivity index (χ0n) is 6.40. The Labute approximate surface area is 73.4 Å². The third-order valence-corrected chi connectivity index (χ3v) is 1.66. The minimum absolute atomic E-state index is 0.920. The van der Waals surface area contributed by atoms with Gasteiger partial charge >= 0.3 is 0 Å². The van der Waals surface area contributed by atoms with Crippen LogP contribution in [-0.4, -0.2) is 5.75 Å². The Balaban J connectivity index is 2.50. The van der Waals surface area contributed by atoms with Crippen LogP contribution >= 0.6 is 12.6 Å². The highest BCUT2D eigenvalue weighted by atomic mass is 32.1. The van der Waals surface area contributed by atoms with Crippen LogP contribution in [0, 0.1) is 0 Å². The van der Waals surface area contributed by atoms with E-state index < -0.39 is 0 Å². The zero-order chi connectivity index (χ0) is 7.94. The lowest BCUT2D eigenvalue weighted by Gasteiger charge is -1.89. The van der Waals surface area contributed by atoms with Crippen molar-refractivity contribution in [3.8, 4) is 0 Å². The maximum atomic E-state index is 4.12. The maximum Gasteiger partial charge on any atom is -0.00632 e. The second-order valence-corrected chi connectivity index (χ2v) is 2.77. The molecule has 0 aromatic heterocycles. The van der Waals surface area contributed by atoms with Crippen molar-refractivity contribution in [3.63, 3.8) is 0 Å². The number of hydrogen-bond donors (Lipinski definition) is 1. The van der Waals surface area contributed by atoms with E-state index in [1.807, 2.05) is 18.2 Å². The molecule has 11 heavy (non-hydrogen) atoms. The first-order chi connectivity index (χ1) is 5.43. The summed E-state index contributed by atoms with van der Waals surface area (Å²) in [7, 11) is 0. The van der Waals surface area contributed by atoms with Crippen molar-refractivity contribution in [1.82, 2.24) is 0 Å². The molecule has 1 aromatic rings. The molecule has 1 rings (SSSR count). The molecule has 0 amide bonds. The van der Waals surface area contributed by atoms with E-state index in [2.05, 4.69) is 36.9 Å². The minimum atomic E-state index is 0.920. The molecule has 0 aliphatic rings. The SMILES string of the molecule is SCC/C=C/c1ccccc1. The molecule has 0 aliphatic carbocycles. The van der Waals surface area contributed by atoms with Gasteiger partial charge in [0.1, 0.15) is 0 Å². The minimum Gasteiger partial charge on any atom is -0.179 e. The van der Waals surface area contributed by atoms with Gasteiger partial charge in [0, 0.05) is 0 Å². The standard InChI is InChI=1S/C10H12S/c11-9-5-4-8-10-6-2-1-3-7-10/h1-4,6-8,11H,5,9H2/b8-4+. The molecule has 0 nitrogen and oxygen atoms in total. The lowest BCUT2D eigenvalue weighted by atomic mass is 10.2. The molecular formula is C10H12S. The summed E-state index contributed by atoms with van der Waals surface area (Å²) >= 11 is 4.12. The second kappa shape index (κ2) is 5.03. The number of hydrogen-bond acceptors (Lipinski definition) is 1. The van der Waals surface area contributed by atoms with Crippen LogP contribution in [0.2, 0.25) is 0 Å². The molecule has 58 valence electrons. The molecule has 0 unspecified atom stereocenters. The molecule has 0 aliphatic heterocycles. The maximum absolute atomic E-state index is 4.12. The average molecular weight is 164 g/mol. The molecule has 0 saturated carbocycles. The van der Waals surface area contributed by atoms with Crippen LogP contribution in [0.25, 0.3) is 6.08 Å². The quantitative estimate of drug-likeness (QED) is 0.652. The molecular weight excluding hydrogens is 152 g/mol. The summed E-state index contributed by atoms with van der Waals surface area (Å²) in [5.41, 5.74) is 1.26. The van der Waals surface area contributed by atoms with Crippen LogP contribution in [0.5, 0.6) is 0 Å². The van der Waals surface area contributed by atoms with Gasteiger partial charge in [0.25, 0.3) is 0 Å². The summed E-state index contributed by atoms with van der Waals surface area (Å²) in [6, 6.07) is 10.3. The van der Waals surface area contributed by atoms with Gasteiger partial charge in [-0.15, -0.1) is 0 Å². The van der Waals surface area contributed by atoms with Gasteiger partial charge in [-0.1, -0.05) is 42.5 Å². The fourth-order valence-corrected chi connectivity index (χ4v) is 1.01. The van der Waals surface area contributed by atoms with Crippen molar-refractivity contribution in [2.45, 2.75) is 6.42 Å². The Bertz CT molecular complexity index is 214. The van der Waals surface area contributed by atoms with E-state index in [0.29, 0.717) is 0 Å². The van der Waals surface area contributed by atoms with Gasteiger partial charge in [-0.05, 0) is 17.7 Å². The molecule has 0 saturated heterocycles. The molecule has 0 atom stereocenters. The second-order valence-electron chi connectivity index (χ2n) is 2.33. The van der Waals surface area contributed by atoms with Gasteiger partial charge in [-0.2, -0.15) is 12.6 Å². The van der Waals surface area contributed by atoms with E-state index in [0.717, 1.165) is 12.2 Å². The van der Waals surface area contributed by atoms with Gasteiger partial charge in [-0.3, -0.25) is 0 Å². The number of benzene rings is 1. The Morgan fingerprint density at radius 3 is 2.55 bits per heavy atom. The third-order valence-electron chi connectivity index (χ3n) is 1.41. The van der Waals surface area contributed by atoms with Crippen LogP contribution in [0.1, 0.15) is 12.0 Å². The molecule has 1 heteroatoms. The van der Waals surface area contributed by atoms with Gasteiger partial charge in [0.05, 0.1) is 0 Å². The van der Waals surface area contributed by atoms with E-state index in [9.17, 15) is 0 Å². The Morgan fingerprint density at radius 1 is 1.18 bits per heavy atom. The lowest BCUT2D eigenvalue weighted by Crippen LogP contribution is -1.69. The van der Waals surface area contributed by atoms with Crippen molar-refractivity contribution in [2.75, 3.05) is 5.75 Å². The Kier molecular flexibility index (Phi) is 3.84. The smallest absolute Gasteiger partial charge is 0.00632 e. The first-order valence-corrected chi connectivity index (χ1v) is 4.39. The van der Waals surface area contributed by atoms with Gasteiger partial charge in [0.15, 0.2) is 0 Å². The van der Waals surface area contributed by atoms with Crippen LogP contribution in [0.15, 0.2) is 36.4 Å². The first-order valence-electron chi connectivity index (χ1n) is 3.76. The summed E-state index contributed by atoms with van der Waals surface area (Å²) in [5, 5.41) is 0. The first kappa shape index (κ1) is 8.41. The van der Waals surface area contributed by atoms with E-state index in [-0.39, 0.29) is 0 Å². The van der Waals surface area contributed by atoms with Crippen LogP contribution < -0.4 is 0 Å². The number of allylic oxidation sites excluding steroid dienone is 1. The largest absolute Gasteiger partial charge is 0.179 e. The monoisotopic (exact) mass is 164 g/mol. The highest BCUT2D eigenvalue weighted by molar-refractivity contribution is 7.80. The fourth-order valence-electron chi connectivity index (χ4n) is 0.858. The molecule has 0 radical (unpaired) electrons. The van der Waals surface area contributed by atoms with E-state index in [4.69, 9.17) is 0 Å². The summed E-state index contributed by atoms with van der Waals surface area (Å²) in [6.07, 6.45) is 5.30.